The molecule has 0 radical (unpaired) electrons. The first kappa shape index (κ1) is 13.4. The van der Waals surface area contributed by atoms with Crippen molar-refractivity contribution in [2.24, 2.45) is 0 Å². The van der Waals surface area contributed by atoms with Gasteiger partial charge in [0, 0.05) is 19.7 Å². The van der Waals surface area contributed by atoms with Crippen molar-refractivity contribution in [3.8, 4) is 11.8 Å². The molecule has 0 aromatic heterocycles. The van der Waals surface area contributed by atoms with Gasteiger partial charge in [0.05, 0.1) is 23.0 Å². The van der Waals surface area contributed by atoms with Gasteiger partial charge in [-0.15, -0.1) is 0 Å². The number of phenols is 1. The number of nitriles is 1. The zero-order valence-corrected chi connectivity index (χ0v) is 9.66. The number of phenolic OH excluding ortho intramolecular Hbond substituents is 1. The zero-order valence-electron chi connectivity index (χ0n) is 9.66. The molecule has 7 heteroatoms. The van der Waals surface area contributed by atoms with Gasteiger partial charge in [-0.2, -0.15) is 5.26 Å². The van der Waals surface area contributed by atoms with Gasteiger partial charge in [0.1, 0.15) is 0 Å². The number of aromatic hydroxyl groups is 1. The van der Waals surface area contributed by atoms with Crippen molar-refractivity contribution in [3.63, 3.8) is 0 Å². The Bertz CT molecular complexity index is 522. The number of nitro benzene ring substituents is 1. The predicted molar refractivity (Wildman–Crippen MR) is 62.0 cm³/mol. The van der Waals surface area contributed by atoms with Crippen LogP contribution in [-0.2, 0) is 0 Å². The third kappa shape index (κ3) is 2.74. The van der Waals surface area contributed by atoms with Crippen molar-refractivity contribution in [1.82, 2.24) is 4.90 Å². The third-order valence-electron chi connectivity index (χ3n) is 2.35. The molecule has 0 heterocycles. The quantitative estimate of drug-likeness (QED) is 0.638. The van der Waals surface area contributed by atoms with Crippen LogP contribution in [0.1, 0.15) is 16.8 Å². The summed E-state index contributed by atoms with van der Waals surface area (Å²) < 4.78 is 0. The van der Waals surface area contributed by atoms with Gasteiger partial charge in [-0.3, -0.25) is 14.9 Å². The van der Waals surface area contributed by atoms with E-state index in [4.69, 9.17) is 5.26 Å². The molecule has 0 aliphatic rings. The minimum atomic E-state index is -0.763. The summed E-state index contributed by atoms with van der Waals surface area (Å²) in [6.07, 6.45) is 0.151. The molecule has 0 saturated carbocycles. The van der Waals surface area contributed by atoms with Crippen LogP contribution in [0.3, 0.4) is 0 Å². The number of carbonyl (C=O) groups excluding carboxylic acids is 1. The smallest absolute Gasteiger partial charge is 0.311 e. The zero-order chi connectivity index (χ0) is 13.7. The van der Waals surface area contributed by atoms with E-state index >= 15 is 0 Å². The van der Waals surface area contributed by atoms with Crippen LogP contribution in [0, 0.1) is 21.4 Å². The highest BCUT2D eigenvalue weighted by Gasteiger charge is 2.22. The molecule has 0 bridgehead atoms. The van der Waals surface area contributed by atoms with Crippen LogP contribution in [0.25, 0.3) is 0 Å². The van der Waals surface area contributed by atoms with Crippen molar-refractivity contribution in [3.05, 3.63) is 33.9 Å². The van der Waals surface area contributed by atoms with Gasteiger partial charge in [0.25, 0.3) is 5.91 Å². The molecule has 1 amide bonds. The van der Waals surface area contributed by atoms with E-state index in [2.05, 4.69) is 0 Å². The van der Waals surface area contributed by atoms with Crippen LogP contribution < -0.4 is 0 Å². The van der Waals surface area contributed by atoms with E-state index in [9.17, 15) is 20.0 Å². The van der Waals surface area contributed by atoms with Crippen molar-refractivity contribution < 1.29 is 14.8 Å². The van der Waals surface area contributed by atoms with Crippen LogP contribution >= 0.6 is 0 Å². The summed E-state index contributed by atoms with van der Waals surface area (Å²) in [5, 5.41) is 28.7. The standard InChI is InChI=1S/C11H11N3O4/c1-13(7-3-6-12)11(16)8-4-2-5-9(10(8)15)14(17)18/h2,4-5,15H,3,7H2,1H3. The van der Waals surface area contributed by atoms with Crippen molar-refractivity contribution >= 4 is 11.6 Å². The van der Waals surface area contributed by atoms with Gasteiger partial charge >= 0.3 is 5.69 Å². The normalized spacial score (nSPS) is 9.56. The molecular formula is C11H11N3O4. The number of hydrogen-bond acceptors (Lipinski definition) is 5. The van der Waals surface area contributed by atoms with Crippen LogP contribution in [0.2, 0.25) is 0 Å². The number of rotatable bonds is 4. The lowest BCUT2D eigenvalue weighted by atomic mass is 10.1. The highest BCUT2D eigenvalue weighted by atomic mass is 16.6. The Kier molecular flexibility index (Phi) is 4.21. The van der Waals surface area contributed by atoms with Gasteiger partial charge in [0.15, 0.2) is 0 Å². The fourth-order valence-electron chi connectivity index (χ4n) is 1.38. The number of para-hydroxylation sites is 1. The molecule has 0 fully saturated rings. The fourth-order valence-corrected chi connectivity index (χ4v) is 1.38. The Hall–Kier alpha value is -2.62. The summed E-state index contributed by atoms with van der Waals surface area (Å²) in [6, 6.07) is 5.62. The van der Waals surface area contributed by atoms with Crippen molar-refractivity contribution in [2.45, 2.75) is 6.42 Å². The molecule has 0 aliphatic carbocycles. The second-order valence-corrected chi connectivity index (χ2v) is 3.57. The van der Waals surface area contributed by atoms with Crippen LogP contribution in [-0.4, -0.2) is 34.4 Å². The first-order valence-electron chi connectivity index (χ1n) is 5.07. The molecule has 94 valence electrons. The van der Waals surface area contributed by atoms with Crippen molar-refractivity contribution in [2.75, 3.05) is 13.6 Å². The maximum atomic E-state index is 11.9. The van der Waals surface area contributed by atoms with Gasteiger partial charge in [-0.1, -0.05) is 6.07 Å². The van der Waals surface area contributed by atoms with E-state index < -0.39 is 22.3 Å². The molecule has 1 aromatic carbocycles. The van der Waals surface area contributed by atoms with Crippen LogP contribution in [0.15, 0.2) is 18.2 Å². The van der Waals surface area contributed by atoms with E-state index in [-0.39, 0.29) is 18.5 Å². The number of carbonyl (C=O) groups is 1. The Morgan fingerprint density at radius 1 is 1.61 bits per heavy atom. The van der Waals surface area contributed by atoms with Gasteiger partial charge in [0.2, 0.25) is 5.75 Å². The number of benzene rings is 1. The van der Waals surface area contributed by atoms with E-state index in [1.807, 2.05) is 6.07 Å². The topological polar surface area (TPSA) is 107 Å². The monoisotopic (exact) mass is 249 g/mol. The van der Waals surface area contributed by atoms with E-state index in [0.717, 1.165) is 6.07 Å². The maximum Gasteiger partial charge on any atom is 0.311 e. The lowest BCUT2D eigenvalue weighted by Gasteiger charge is -2.15. The largest absolute Gasteiger partial charge is 0.502 e. The summed E-state index contributed by atoms with van der Waals surface area (Å²) in [7, 11) is 1.46. The molecule has 1 aromatic rings. The fraction of sp³-hybridized carbons (Fsp3) is 0.273. The average Bonchev–Trinajstić information content (AvgIpc) is 2.35. The first-order valence-corrected chi connectivity index (χ1v) is 5.07. The molecule has 0 unspecified atom stereocenters. The van der Waals surface area contributed by atoms with Crippen LogP contribution in [0.4, 0.5) is 5.69 Å². The molecule has 1 N–H and O–H groups in total. The minimum absolute atomic E-state index is 0.148. The van der Waals surface area contributed by atoms with Crippen LogP contribution in [0.5, 0.6) is 5.75 Å². The molecule has 0 saturated heterocycles. The highest BCUT2D eigenvalue weighted by molar-refractivity contribution is 5.97. The Morgan fingerprint density at radius 3 is 2.83 bits per heavy atom. The lowest BCUT2D eigenvalue weighted by molar-refractivity contribution is -0.385. The number of amides is 1. The molecule has 0 spiro atoms. The molecule has 7 nitrogen and oxygen atoms in total. The van der Waals surface area contributed by atoms with E-state index in [0.29, 0.717) is 0 Å². The summed E-state index contributed by atoms with van der Waals surface area (Å²) >= 11 is 0. The third-order valence-corrected chi connectivity index (χ3v) is 2.35. The summed E-state index contributed by atoms with van der Waals surface area (Å²) in [6.45, 7) is 0.192. The second kappa shape index (κ2) is 5.63. The number of nitrogens with zero attached hydrogens (tertiary/aromatic N) is 3. The Labute approximate surface area is 103 Å². The highest BCUT2D eigenvalue weighted by Crippen LogP contribution is 2.29. The summed E-state index contributed by atoms with van der Waals surface area (Å²) in [5.41, 5.74) is -0.667. The number of hydrogen-bond donors (Lipinski definition) is 1. The minimum Gasteiger partial charge on any atom is -0.502 e. The average molecular weight is 249 g/mol. The Balaban J connectivity index is 3.04. The van der Waals surface area contributed by atoms with E-state index in [1.54, 1.807) is 0 Å². The first-order chi connectivity index (χ1) is 8.49. The maximum absolute atomic E-state index is 11.9. The van der Waals surface area contributed by atoms with Gasteiger partial charge in [-0.25, -0.2) is 0 Å². The SMILES string of the molecule is CN(CCC#N)C(=O)c1cccc([N+](=O)[O-])c1O. The second-order valence-electron chi connectivity index (χ2n) is 3.57. The predicted octanol–water partition coefficient (Wildman–Crippen LogP) is 1.29. The van der Waals surface area contributed by atoms with Gasteiger partial charge in [-0.05, 0) is 6.07 Å². The summed E-state index contributed by atoms with van der Waals surface area (Å²) in [5.74, 6) is -1.22. The Morgan fingerprint density at radius 2 is 2.28 bits per heavy atom. The number of nitro groups is 1. The molecule has 18 heavy (non-hydrogen) atoms. The molecule has 1 rings (SSSR count). The van der Waals surface area contributed by atoms with E-state index in [1.165, 1.54) is 24.1 Å². The van der Waals surface area contributed by atoms with Gasteiger partial charge < -0.3 is 10.0 Å². The molecule has 0 aliphatic heterocycles. The van der Waals surface area contributed by atoms with Crippen molar-refractivity contribution in [1.29, 1.82) is 5.26 Å². The molecule has 0 atom stereocenters. The lowest BCUT2D eigenvalue weighted by Crippen LogP contribution is -2.27. The molecular weight excluding hydrogens is 238 g/mol. The summed E-state index contributed by atoms with van der Waals surface area (Å²) in [4.78, 5) is 23.0.